The van der Waals surface area contributed by atoms with Crippen LogP contribution >= 0.6 is 0 Å². The summed E-state index contributed by atoms with van der Waals surface area (Å²) in [5, 5.41) is 9.18. The molecule has 0 atom stereocenters. The van der Waals surface area contributed by atoms with Crippen LogP contribution in [0.3, 0.4) is 0 Å². The maximum absolute atomic E-state index is 11.4. The number of aryl methyl sites for hydroxylation is 1. The van der Waals surface area contributed by atoms with Crippen molar-refractivity contribution < 1.29 is 4.79 Å². The lowest BCUT2D eigenvalue weighted by molar-refractivity contribution is -0.120. The van der Waals surface area contributed by atoms with Crippen LogP contribution < -0.4 is 16.0 Å². The molecule has 0 aliphatic rings. The van der Waals surface area contributed by atoms with E-state index in [1.165, 1.54) is 12.0 Å². The molecule has 0 aromatic heterocycles. The molecule has 3 N–H and O–H groups in total. The highest BCUT2D eigenvalue weighted by molar-refractivity contribution is 5.76. The van der Waals surface area contributed by atoms with E-state index in [0.29, 0.717) is 13.0 Å². The molecule has 4 nitrogen and oxygen atoms in total. The van der Waals surface area contributed by atoms with E-state index in [1.54, 1.807) is 0 Å². The highest BCUT2D eigenvalue weighted by Gasteiger charge is 1.99. The minimum atomic E-state index is 0.122. The zero-order valence-corrected chi connectivity index (χ0v) is 12.5. The fourth-order valence-corrected chi connectivity index (χ4v) is 1.97. The number of nitrogens with one attached hydrogen (secondary N) is 3. The van der Waals surface area contributed by atoms with Crippen LogP contribution in [0, 0.1) is 0 Å². The van der Waals surface area contributed by atoms with Gasteiger partial charge in [-0.15, -0.1) is 0 Å². The number of rotatable bonds is 11. The molecular formula is C16H27N3O. The van der Waals surface area contributed by atoms with Crippen molar-refractivity contribution in [3.05, 3.63) is 35.9 Å². The Labute approximate surface area is 122 Å². The number of hydrogen-bond donors (Lipinski definition) is 3. The van der Waals surface area contributed by atoms with E-state index in [-0.39, 0.29) is 5.91 Å². The monoisotopic (exact) mass is 277 g/mol. The van der Waals surface area contributed by atoms with E-state index in [1.807, 2.05) is 13.1 Å². The molecule has 1 rings (SSSR count). The van der Waals surface area contributed by atoms with Gasteiger partial charge < -0.3 is 16.0 Å². The molecule has 0 saturated heterocycles. The first kappa shape index (κ1) is 16.7. The summed E-state index contributed by atoms with van der Waals surface area (Å²) in [4.78, 5) is 11.4. The van der Waals surface area contributed by atoms with Gasteiger partial charge in [0.1, 0.15) is 0 Å². The Kier molecular flexibility index (Phi) is 9.53. The van der Waals surface area contributed by atoms with Crippen molar-refractivity contribution in [1.82, 2.24) is 16.0 Å². The lowest BCUT2D eigenvalue weighted by atomic mass is 10.1. The van der Waals surface area contributed by atoms with Crippen molar-refractivity contribution in [2.75, 3.05) is 33.2 Å². The third-order valence-corrected chi connectivity index (χ3v) is 3.14. The summed E-state index contributed by atoms with van der Waals surface area (Å²) in [6.45, 7) is 3.26. The Bertz CT molecular complexity index is 354. The smallest absolute Gasteiger partial charge is 0.221 e. The average Bonchev–Trinajstić information content (AvgIpc) is 2.47. The van der Waals surface area contributed by atoms with Gasteiger partial charge in [-0.2, -0.15) is 0 Å². The lowest BCUT2D eigenvalue weighted by Crippen LogP contribution is -2.32. The fourth-order valence-electron chi connectivity index (χ4n) is 1.97. The Morgan fingerprint density at radius 2 is 1.80 bits per heavy atom. The number of hydrogen-bond acceptors (Lipinski definition) is 3. The van der Waals surface area contributed by atoms with E-state index in [0.717, 1.165) is 32.5 Å². The van der Waals surface area contributed by atoms with Crippen molar-refractivity contribution in [3.63, 3.8) is 0 Å². The summed E-state index contributed by atoms with van der Waals surface area (Å²) >= 11 is 0. The average molecular weight is 277 g/mol. The van der Waals surface area contributed by atoms with Gasteiger partial charge in [0.25, 0.3) is 0 Å². The maximum atomic E-state index is 11.4. The number of amides is 1. The van der Waals surface area contributed by atoms with Gasteiger partial charge in [-0.25, -0.2) is 0 Å². The Morgan fingerprint density at radius 3 is 2.55 bits per heavy atom. The highest BCUT2D eigenvalue weighted by Crippen LogP contribution is 2.03. The third kappa shape index (κ3) is 8.67. The minimum absolute atomic E-state index is 0.122. The summed E-state index contributed by atoms with van der Waals surface area (Å²) in [6, 6.07) is 10.6. The first-order valence-corrected chi connectivity index (χ1v) is 7.49. The molecule has 1 aromatic carbocycles. The molecule has 0 radical (unpaired) electrons. The molecule has 0 bridgehead atoms. The van der Waals surface area contributed by atoms with Gasteiger partial charge in [0.2, 0.25) is 5.91 Å². The zero-order chi connectivity index (χ0) is 14.5. The quantitative estimate of drug-likeness (QED) is 0.535. The molecule has 112 valence electrons. The van der Waals surface area contributed by atoms with Crippen LogP contribution in [0.2, 0.25) is 0 Å². The number of unbranched alkanes of at least 4 members (excludes halogenated alkanes) is 1. The van der Waals surface area contributed by atoms with Gasteiger partial charge in [-0.3, -0.25) is 4.79 Å². The largest absolute Gasteiger partial charge is 0.355 e. The second kappa shape index (κ2) is 11.4. The highest BCUT2D eigenvalue weighted by atomic mass is 16.1. The Morgan fingerprint density at radius 1 is 1.00 bits per heavy atom. The molecule has 0 saturated carbocycles. The van der Waals surface area contributed by atoms with Gasteiger partial charge in [0.15, 0.2) is 0 Å². The van der Waals surface area contributed by atoms with Crippen LogP contribution in [-0.2, 0) is 11.2 Å². The van der Waals surface area contributed by atoms with Gasteiger partial charge in [-0.05, 0) is 38.4 Å². The predicted octanol–water partition coefficient (Wildman–Crippen LogP) is 1.32. The van der Waals surface area contributed by atoms with Crippen molar-refractivity contribution in [1.29, 1.82) is 0 Å². The molecule has 0 fully saturated rings. The standard InChI is InChI=1S/C16H27N3O/c1-17-13-14-19-16(20)10-12-18-11-6-5-9-15-7-3-2-4-8-15/h2-4,7-8,17-18H,5-6,9-14H2,1H3,(H,19,20). The SMILES string of the molecule is CNCCNC(=O)CCNCCCCc1ccccc1. The maximum Gasteiger partial charge on any atom is 0.221 e. The Hall–Kier alpha value is -1.39. The predicted molar refractivity (Wildman–Crippen MR) is 83.8 cm³/mol. The van der Waals surface area contributed by atoms with Crippen molar-refractivity contribution >= 4 is 5.91 Å². The molecular weight excluding hydrogens is 250 g/mol. The van der Waals surface area contributed by atoms with Crippen molar-refractivity contribution in [2.45, 2.75) is 25.7 Å². The van der Waals surface area contributed by atoms with E-state index >= 15 is 0 Å². The van der Waals surface area contributed by atoms with E-state index in [2.05, 4.69) is 40.2 Å². The van der Waals surface area contributed by atoms with Crippen LogP contribution in [0.25, 0.3) is 0 Å². The Balaban J connectivity index is 1.88. The number of carbonyl (C=O) groups excluding carboxylic acids is 1. The lowest BCUT2D eigenvalue weighted by Gasteiger charge is -2.06. The van der Waals surface area contributed by atoms with E-state index in [9.17, 15) is 4.79 Å². The van der Waals surface area contributed by atoms with Gasteiger partial charge >= 0.3 is 0 Å². The van der Waals surface area contributed by atoms with Crippen molar-refractivity contribution in [3.8, 4) is 0 Å². The molecule has 0 aliphatic carbocycles. The summed E-state index contributed by atoms with van der Waals surface area (Å²) in [6.07, 6.45) is 4.02. The summed E-state index contributed by atoms with van der Waals surface area (Å²) in [5.41, 5.74) is 1.40. The van der Waals surface area contributed by atoms with Gasteiger partial charge in [-0.1, -0.05) is 30.3 Å². The van der Waals surface area contributed by atoms with Gasteiger partial charge in [0, 0.05) is 26.1 Å². The number of likely N-dealkylation sites (N-methyl/N-ethyl adjacent to an activating group) is 1. The number of benzene rings is 1. The molecule has 0 unspecified atom stereocenters. The van der Waals surface area contributed by atoms with Crippen LogP contribution in [0.1, 0.15) is 24.8 Å². The molecule has 0 heterocycles. The first-order chi connectivity index (χ1) is 9.83. The molecule has 4 heteroatoms. The number of carbonyl (C=O) groups is 1. The molecule has 0 spiro atoms. The summed E-state index contributed by atoms with van der Waals surface area (Å²) in [7, 11) is 1.88. The second-order valence-corrected chi connectivity index (χ2v) is 4.90. The summed E-state index contributed by atoms with van der Waals surface area (Å²) in [5.74, 6) is 0.122. The third-order valence-electron chi connectivity index (χ3n) is 3.14. The van der Waals surface area contributed by atoms with E-state index in [4.69, 9.17) is 0 Å². The molecule has 1 aromatic rings. The van der Waals surface area contributed by atoms with Crippen molar-refractivity contribution in [2.24, 2.45) is 0 Å². The van der Waals surface area contributed by atoms with E-state index < -0.39 is 0 Å². The minimum Gasteiger partial charge on any atom is -0.355 e. The van der Waals surface area contributed by atoms with Crippen LogP contribution in [0.15, 0.2) is 30.3 Å². The molecule has 1 amide bonds. The molecule has 0 aliphatic heterocycles. The molecule has 20 heavy (non-hydrogen) atoms. The fraction of sp³-hybridized carbons (Fsp3) is 0.562. The second-order valence-electron chi connectivity index (χ2n) is 4.90. The normalized spacial score (nSPS) is 10.4. The van der Waals surface area contributed by atoms with Crippen LogP contribution in [0.4, 0.5) is 0 Å². The first-order valence-electron chi connectivity index (χ1n) is 7.49. The topological polar surface area (TPSA) is 53.2 Å². The summed E-state index contributed by atoms with van der Waals surface area (Å²) < 4.78 is 0. The van der Waals surface area contributed by atoms with Crippen LogP contribution in [-0.4, -0.2) is 39.1 Å². The van der Waals surface area contributed by atoms with Gasteiger partial charge in [0.05, 0.1) is 0 Å². The van der Waals surface area contributed by atoms with Crippen LogP contribution in [0.5, 0.6) is 0 Å². The zero-order valence-electron chi connectivity index (χ0n) is 12.5.